The van der Waals surface area contributed by atoms with Gasteiger partial charge in [0.1, 0.15) is 22.7 Å². The van der Waals surface area contributed by atoms with E-state index in [9.17, 15) is 12.8 Å². The van der Waals surface area contributed by atoms with Gasteiger partial charge in [0.05, 0.1) is 28.7 Å². The van der Waals surface area contributed by atoms with Gasteiger partial charge in [-0.05, 0) is 37.6 Å². The van der Waals surface area contributed by atoms with Crippen LogP contribution < -0.4 is 10.5 Å². The quantitative estimate of drug-likeness (QED) is 0.386. The summed E-state index contributed by atoms with van der Waals surface area (Å²) in [5, 5.41) is 8.76. The Balaban J connectivity index is 1.68. The van der Waals surface area contributed by atoms with Crippen LogP contribution in [-0.2, 0) is 22.0 Å². The lowest BCUT2D eigenvalue weighted by Gasteiger charge is -2.19. The van der Waals surface area contributed by atoms with Gasteiger partial charge in [-0.3, -0.25) is 0 Å². The number of sulfone groups is 1. The number of halogens is 1. The average molecular weight is 503 g/mol. The van der Waals surface area contributed by atoms with Gasteiger partial charge in [0.25, 0.3) is 0 Å². The van der Waals surface area contributed by atoms with E-state index in [1.807, 2.05) is 6.92 Å². The highest BCUT2D eigenvalue weighted by atomic mass is 32.2. The summed E-state index contributed by atoms with van der Waals surface area (Å²) in [5.74, 6) is -0.0626. The number of nitrogens with zero attached hydrogens (tertiary/aromatic N) is 5. The standard InChI is InChI=1S/C22H23FN6O3S2/c1-4-17-21(33-20(28-17)12-34(3,30)31)14-9-19(22(24)25-11-14)32-13(2)16-10-15(23)5-6-18(16)29-26-7-8-27-29/h5-11,13H,4,12H2,1-3H3,(H2,24,25)/t13-/m1/s1. The Hall–Kier alpha value is -3.38. The number of aryl methyl sites for hydroxylation is 1. The lowest BCUT2D eigenvalue weighted by molar-refractivity contribution is 0.226. The van der Waals surface area contributed by atoms with Gasteiger partial charge in [0, 0.05) is 23.6 Å². The maximum absolute atomic E-state index is 14.1. The summed E-state index contributed by atoms with van der Waals surface area (Å²) in [6, 6.07) is 6.01. The molecule has 3 aromatic heterocycles. The molecule has 1 aromatic carbocycles. The number of nitrogen functional groups attached to an aromatic ring is 1. The second-order valence-electron chi connectivity index (χ2n) is 7.70. The Morgan fingerprint density at radius 3 is 2.65 bits per heavy atom. The third kappa shape index (κ3) is 5.23. The molecule has 0 aliphatic heterocycles. The van der Waals surface area contributed by atoms with Crippen molar-refractivity contribution in [3.05, 3.63) is 64.9 Å². The monoisotopic (exact) mass is 502 g/mol. The van der Waals surface area contributed by atoms with Crippen molar-refractivity contribution in [1.29, 1.82) is 0 Å². The smallest absolute Gasteiger partial charge is 0.166 e. The van der Waals surface area contributed by atoms with Gasteiger partial charge in [0.2, 0.25) is 0 Å². The fraction of sp³-hybridized carbons (Fsp3) is 0.273. The summed E-state index contributed by atoms with van der Waals surface area (Å²) in [7, 11) is -3.21. The van der Waals surface area contributed by atoms with Gasteiger partial charge < -0.3 is 10.5 Å². The van der Waals surface area contributed by atoms with Crippen LogP contribution in [0.4, 0.5) is 10.2 Å². The highest BCUT2D eigenvalue weighted by Gasteiger charge is 2.20. The minimum atomic E-state index is -3.21. The second kappa shape index (κ2) is 9.47. The summed E-state index contributed by atoms with van der Waals surface area (Å²) in [5.41, 5.74) is 8.66. The van der Waals surface area contributed by atoms with E-state index in [-0.39, 0.29) is 11.6 Å². The van der Waals surface area contributed by atoms with E-state index in [4.69, 9.17) is 10.5 Å². The molecule has 0 bridgehead atoms. The molecule has 0 unspecified atom stereocenters. The first-order valence-corrected chi connectivity index (χ1v) is 13.3. The van der Waals surface area contributed by atoms with Crippen molar-refractivity contribution in [3.63, 3.8) is 0 Å². The Morgan fingerprint density at radius 2 is 1.97 bits per heavy atom. The first-order chi connectivity index (χ1) is 16.1. The lowest BCUT2D eigenvalue weighted by Crippen LogP contribution is -2.11. The average Bonchev–Trinajstić information content (AvgIpc) is 3.44. The van der Waals surface area contributed by atoms with Gasteiger partial charge in [-0.15, -0.1) is 11.3 Å². The topological polar surface area (TPSA) is 126 Å². The molecule has 12 heteroatoms. The van der Waals surface area contributed by atoms with E-state index in [1.165, 1.54) is 46.9 Å². The molecule has 2 N–H and O–H groups in total. The number of aromatic nitrogens is 5. The molecule has 0 fully saturated rings. The number of thiazole rings is 1. The van der Waals surface area contributed by atoms with Crippen molar-refractivity contribution in [2.45, 2.75) is 32.1 Å². The molecule has 9 nitrogen and oxygen atoms in total. The molecule has 0 radical (unpaired) electrons. The number of pyridine rings is 1. The van der Waals surface area contributed by atoms with Crippen molar-refractivity contribution < 1.29 is 17.5 Å². The molecule has 178 valence electrons. The summed E-state index contributed by atoms with van der Waals surface area (Å²) in [6.07, 6.45) is 5.85. The highest BCUT2D eigenvalue weighted by Crippen LogP contribution is 2.36. The molecular weight excluding hydrogens is 479 g/mol. The highest BCUT2D eigenvalue weighted by molar-refractivity contribution is 7.90. The first kappa shape index (κ1) is 23.8. The number of hydrogen-bond donors (Lipinski definition) is 1. The summed E-state index contributed by atoms with van der Waals surface area (Å²) >= 11 is 1.30. The second-order valence-corrected chi connectivity index (χ2v) is 10.9. The predicted octanol–water partition coefficient (Wildman–Crippen LogP) is 3.75. The fourth-order valence-corrected chi connectivity index (χ4v) is 5.77. The maximum Gasteiger partial charge on any atom is 0.166 e. The van der Waals surface area contributed by atoms with Crippen molar-refractivity contribution in [1.82, 2.24) is 25.0 Å². The van der Waals surface area contributed by atoms with Crippen LogP contribution in [0.2, 0.25) is 0 Å². The normalized spacial score (nSPS) is 12.6. The summed E-state index contributed by atoms with van der Waals surface area (Å²) in [6.45, 7) is 3.71. The summed E-state index contributed by atoms with van der Waals surface area (Å²) in [4.78, 5) is 10.9. The molecule has 0 aliphatic carbocycles. The van der Waals surface area contributed by atoms with E-state index >= 15 is 0 Å². The zero-order valence-corrected chi connectivity index (χ0v) is 20.4. The number of ether oxygens (including phenoxy) is 1. The van der Waals surface area contributed by atoms with Crippen LogP contribution in [0.25, 0.3) is 16.1 Å². The van der Waals surface area contributed by atoms with E-state index < -0.39 is 21.8 Å². The molecular formula is C22H23FN6O3S2. The van der Waals surface area contributed by atoms with Gasteiger partial charge in [-0.2, -0.15) is 15.0 Å². The molecule has 1 atom stereocenters. The van der Waals surface area contributed by atoms with Crippen molar-refractivity contribution >= 4 is 27.0 Å². The number of benzene rings is 1. The van der Waals surface area contributed by atoms with Crippen LogP contribution in [0.5, 0.6) is 5.75 Å². The van der Waals surface area contributed by atoms with Crippen LogP contribution >= 0.6 is 11.3 Å². The van der Waals surface area contributed by atoms with Crippen molar-refractivity contribution in [2.24, 2.45) is 0 Å². The Morgan fingerprint density at radius 1 is 1.24 bits per heavy atom. The molecule has 3 heterocycles. The fourth-order valence-electron chi connectivity index (χ4n) is 3.45. The Labute approximate surface area is 200 Å². The van der Waals surface area contributed by atoms with Crippen LogP contribution in [0.3, 0.4) is 0 Å². The zero-order valence-electron chi connectivity index (χ0n) is 18.8. The molecule has 34 heavy (non-hydrogen) atoms. The third-order valence-corrected chi connectivity index (χ3v) is 7.10. The molecule has 0 saturated heterocycles. The lowest BCUT2D eigenvalue weighted by atomic mass is 10.1. The van der Waals surface area contributed by atoms with E-state index in [2.05, 4.69) is 20.2 Å². The summed E-state index contributed by atoms with van der Waals surface area (Å²) < 4.78 is 43.6. The SMILES string of the molecule is CCc1nc(CS(C)(=O)=O)sc1-c1cnc(N)c(O[C@H](C)c2cc(F)ccc2-n2nccn2)c1. The number of hydrogen-bond acceptors (Lipinski definition) is 9. The van der Waals surface area contributed by atoms with Gasteiger partial charge in [-0.25, -0.2) is 22.8 Å². The molecule has 4 rings (SSSR count). The molecule has 4 aromatic rings. The number of nitrogens with two attached hydrogens (primary N) is 1. The van der Waals surface area contributed by atoms with Crippen LogP contribution in [0.15, 0.2) is 42.9 Å². The number of anilines is 1. The molecule has 0 saturated carbocycles. The van der Waals surface area contributed by atoms with Crippen molar-refractivity contribution in [2.75, 3.05) is 12.0 Å². The minimum Gasteiger partial charge on any atom is -0.482 e. The zero-order chi connectivity index (χ0) is 24.5. The molecule has 0 amide bonds. The predicted molar refractivity (Wildman–Crippen MR) is 128 cm³/mol. The first-order valence-electron chi connectivity index (χ1n) is 10.4. The van der Waals surface area contributed by atoms with Crippen molar-refractivity contribution in [3.8, 4) is 21.9 Å². The third-order valence-electron chi connectivity index (χ3n) is 4.97. The van der Waals surface area contributed by atoms with E-state index in [1.54, 1.807) is 25.3 Å². The molecule has 0 aliphatic rings. The van der Waals surface area contributed by atoms with Crippen LogP contribution in [0, 0.1) is 5.82 Å². The minimum absolute atomic E-state index is 0.128. The van der Waals surface area contributed by atoms with E-state index in [0.717, 1.165) is 10.6 Å². The van der Waals surface area contributed by atoms with E-state index in [0.29, 0.717) is 34.0 Å². The van der Waals surface area contributed by atoms with Gasteiger partial charge >= 0.3 is 0 Å². The van der Waals surface area contributed by atoms with Gasteiger partial charge in [0.15, 0.2) is 21.4 Å². The molecule has 0 spiro atoms. The number of rotatable bonds is 8. The largest absolute Gasteiger partial charge is 0.482 e. The Kier molecular flexibility index (Phi) is 6.62. The Bertz CT molecular complexity index is 1420. The van der Waals surface area contributed by atoms with Gasteiger partial charge in [-0.1, -0.05) is 6.92 Å². The van der Waals surface area contributed by atoms with Crippen LogP contribution in [-0.4, -0.2) is 39.6 Å². The maximum atomic E-state index is 14.1. The van der Waals surface area contributed by atoms with Crippen LogP contribution in [0.1, 0.15) is 36.2 Å².